The van der Waals surface area contributed by atoms with E-state index in [1.807, 2.05) is 6.07 Å². The lowest BCUT2D eigenvalue weighted by Crippen LogP contribution is -2.05. The van der Waals surface area contributed by atoms with Crippen molar-refractivity contribution in [3.8, 4) is 0 Å². The summed E-state index contributed by atoms with van der Waals surface area (Å²) in [5.41, 5.74) is 0.662. The minimum Gasteiger partial charge on any atom is -0.388 e. The molecule has 3 aromatic rings. The molecule has 0 bridgehead atoms. The van der Waals surface area contributed by atoms with Gasteiger partial charge >= 0.3 is 0 Å². The largest absolute Gasteiger partial charge is 0.388 e. The molecule has 0 radical (unpaired) electrons. The van der Waals surface area contributed by atoms with Crippen LogP contribution in [0.25, 0.3) is 10.8 Å². The van der Waals surface area contributed by atoms with Crippen molar-refractivity contribution in [1.82, 2.24) is 20.2 Å². The number of hydrogen-bond donors (Lipinski definition) is 1. The molecule has 20 heavy (non-hydrogen) atoms. The highest BCUT2D eigenvalue weighted by molar-refractivity contribution is 5.86. The Hall–Kier alpha value is -2.34. The first-order chi connectivity index (χ1) is 9.65. The normalized spacial score (nSPS) is 12.8. The van der Waals surface area contributed by atoms with Crippen molar-refractivity contribution in [2.45, 2.75) is 12.5 Å². The summed E-state index contributed by atoms with van der Waals surface area (Å²) in [6.45, 7) is 0. The van der Waals surface area contributed by atoms with E-state index in [0.717, 1.165) is 0 Å². The Morgan fingerprint density at radius 3 is 2.65 bits per heavy atom. The van der Waals surface area contributed by atoms with Crippen molar-refractivity contribution in [2.75, 3.05) is 0 Å². The van der Waals surface area contributed by atoms with Crippen LogP contribution in [-0.4, -0.2) is 25.3 Å². The molecule has 0 aliphatic rings. The van der Waals surface area contributed by atoms with Crippen LogP contribution in [0.5, 0.6) is 0 Å². The van der Waals surface area contributed by atoms with Crippen molar-refractivity contribution in [3.63, 3.8) is 0 Å². The number of aromatic nitrogens is 4. The molecule has 1 heterocycles. The molecule has 1 N–H and O–H groups in total. The molecular formula is C14H13FN4O. The van der Waals surface area contributed by atoms with Gasteiger partial charge in [-0.2, -0.15) is 4.80 Å². The first-order valence-electron chi connectivity index (χ1n) is 6.23. The van der Waals surface area contributed by atoms with E-state index in [1.165, 1.54) is 10.9 Å². The number of fused-ring (bicyclic) bond motifs is 1. The summed E-state index contributed by atoms with van der Waals surface area (Å²) in [4.78, 5) is 1.34. The number of hydrogen-bond acceptors (Lipinski definition) is 4. The topological polar surface area (TPSA) is 63.8 Å². The summed E-state index contributed by atoms with van der Waals surface area (Å²) in [6.07, 6.45) is -0.562. The minimum absolute atomic E-state index is 0.240. The zero-order chi connectivity index (χ0) is 14.1. The number of rotatable bonds is 3. The molecule has 0 fully saturated rings. The predicted octanol–water partition coefficient (Wildman–Crippen LogP) is 1.78. The predicted molar refractivity (Wildman–Crippen MR) is 71.4 cm³/mol. The van der Waals surface area contributed by atoms with E-state index in [-0.39, 0.29) is 12.2 Å². The van der Waals surface area contributed by atoms with E-state index < -0.39 is 6.10 Å². The van der Waals surface area contributed by atoms with Crippen molar-refractivity contribution in [1.29, 1.82) is 0 Å². The van der Waals surface area contributed by atoms with E-state index in [1.54, 1.807) is 31.3 Å². The lowest BCUT2D eigenvalue weighted by atomic mass is 9.98. The van der Waals surface area contributed by atoms with E-state index in [4.69, 9.17) is 0 Å². The number of aliphatic hydroxyl groups excluding tert-OH is 1. The first-order valence-corrected chi connectivity index (χ1v) is 6.23. The molecular weight excluding hydrogens is 259 g/mol. The van der Waals surface area contributed by atoms with Gasteiger partial charge in [0.2, 0.25) is 0 Å². The van der Waals surface area contributed by atoms with Gasteiger partial charge in [-0.25, -0.2) is 4.39 Å². The smallest absolute Gasteiger partial charge is 0.177 e. The highest BCUT2D eigenvalue weighted by atomic mass is 19.1. The summed E-state index contributed by atoms with van der Waals surface area (Å²) in [6, 6.07) is 10.0. The van der Waals surface area contributed by atoms with Crippen LogP contribution in [0, 0.1) is 5.82 Å². The monoisotopic (exact) mass is 272 g/mol. The van der Waals surface area contributed by atoms with Crippen LogP contribution in [0.15, 0.2) is 36.4 Å². The molecule has 2 aromatic carbocycles. The molecule has 0 amide bonds. The lowest BCUT2D eigenvalue weighted by molar-refractivity contribution is 0.177. The van der Waals surface area contributed by atoms with E-state index in [0.29, 0.717) is 22.2 Å². The Morgan fingerprint density at radius 2 is 1.95 bits per heavy atom. The van der Waals surface area contributed by atoms with E-state index >= 15 is 0 Å². The highest BCUT2D eigenvalue weighted by Gasteiger charge is 2.16. The van der Waals surface area contributed by atoms with Crippen LogP contribution in [-0.2, 0) is 13.5 Å². The molecule has 1 unspecified atom stereocenters. The third-order valence-corrected chi connectivity index (χ3v) is 3.19. The molecule has 6 heteroatoms. The second-order valence-electron chi connectivity index (χ2n) is 4.60. The fourth-order valence-electron chi connectivity index (χ4n) is 2.26. The molecule has 5 nitrogen and oxygen atoms in total. The van der Waals surface area contributed by atoms with Gasteiger partial charge in [0.15, 0.2) is 5.82 Å². The maximum atomic E-state index is 13.7. The minimum atomic E-state index is -0.801. The Bertz CT molecular complexity index is 756. The van der Waals surface area contributed by atoms with Gasteiger partial charge in [-0.05, 0) is 22.2 Å². The van der Waals surface area contributed by atoms with Crippen LogP contribution >= 0.6 is 0 Å². The zero-order valence-electron chi connectivity index (χ0n) is 10.9. The number of aryl methyl sites for hydroxylation is 1. The first kappa shape index (κ1) is 12.7. The van der Waals surface area contributed by atoms with Gasteiger partial charge in [0.25, 0.3) is 0 Å². The second kappa shape index (κ2) is 4.97. The number of tetrazole rings is 1. The summed E-state index contributed by atoms with van der Waals surface area (Å²) in [5, 5.41) is 23.1. The molecule has 0 saturated heterocycles. The number of halogens is 1. The molecule has 0 saturated carbocycles. The number of aliphatic hydroxyl groups is 1. The van der Waals surface area contributed by atoms with Crippen molar-refractivity contribution < 1.29 is 9.50 Å². The molecule has 1 aromatic heterocycles. The summed E-state index contributed by atoms with van der Waals surface area (Å²) in [5.74, 6) is 0.155. The van der Waals surface area contributed by atoms with Crippen LogP contribution in [0.4, 0.5) is 4.39 Å². The van der Waals surface area contributed by atoms with Gasteiger partial charge in [0.05, 0.1) is 13.2 Å². The third-order valence-electron chi connectivity index (χ3n) is 3.19. The van der Waals surface area contributed by atoms with E-state index in [2.05, 4.69) is 15.4 Å². The SMILES string of the molecule is Cn1nnc(CC(O)c2ccc(F)c3ccccc23)n1. The highest BCUT2D eigenvalue weighted by Crippen LogP contribution is 2.27. The van der Waals surface area contributed by atoms with Gasteiger partial charge in [-0.3, -0.25) is 0 Å². The number of benzene rings is 2. The number of nitrogens with zero attached hydrogens (tertiary/aromatic N) is 4. The molecule has 3 rings (SSSR count). The van der Waals surface area contributed by atoms with Crippen LogP contribution in [0.3, 0.4) is 0 Å². The summed E-state index contributed by atoms with van der Waals surface area (Å²) in [7, 11) is 1.66. The Balaban J connectivity index is 1.99. The summed E-state index contributed by atoms with van der Waals surface area (Å²) >= 11 is 0. The van der Waals surface area contributed by atoms with Crippen LogP contribution < -0.4 is 0 Å². The van der Waals surface area contributed by atoms with Gasteiger partial charge in [0, 0.05) is 11.8 Å². The molecule has 0 aliphatic carbocycles. The lowest BCUT2D eigenvalue weighted by Gasteiger charge is -2.12. The maximum Gasteiger partial charge on any atom is 0.177 e. The van der Waals surface area contributed by atoms with Gasteiger partial charge < -0.3 is 5.11 Å². The molecule has 1 atom stereocenters. The zero-order valence-corrected chi connectivity index (χ0v) is 10.9. The van der Waals surface area contributed by atoms with Crippen LogP contribution in [0.2, 0.25) is 0 Å². The summed E-state index contributed by atoms with van der Waals surface area (Å²) < 4.78 is 13.7. The Kier molecular flexibility index (Phi) is 3.15. The van der Waals surface area contributed by atoms with Gasteiger partial charge in [-0.1, -0.05) is 30.3 Å². The maximum absolute atomic E-state index is 13.7. The quantitative estimate of drug-likeness (QED) is 0.789. The Labute approximate surface area is 114 Å². The van der Waals surface area contributed by atoms with Gasteiger partial charge in [0.1, 0.15) is 5.82 Å². The molecule has 0 aliphatic heterocycles. The van der Waals surface area contributed by atoms with Crippen molar-refractivity contribution in [2.24, 2.45) is 7.05 Å². The van der Waals surface area contributed by atoms with Crippen molar-refractivity contribution >= 4 is 10.8 Å². The van der Waals surface area contributed by atoms with E-state index in [9.17, 15) is 9.50 Å². The molecule has 0 spiro atoms. The Morgan fingerprint density at radius 1 is 1.20 bits per heavy atom. The average molecular weight is 272 g/mol. The standard InChI is InChI=1S/C14H13FN4O/c1-19-17-14(16-18-19)8-13(20)11-6-7-12(15)10-5-3-2-4-9(10)11/h2-7,13,20H,8H2,1H3. The average Bonchev–Trinajstić information content (AvgIpc) is 2.84. The fourth-order valence-corrected chi connectivity index (χ4v) is 2.26. The fraction of sp³-hybridized carbons (Fsp3) is 0.214. The molecule has 102 valence electrons. The third kappa shape index (κ3) is 2.25. The van der Waals surface area contributed by atoms with Gasteiger partial charge in [-0.15, -0.1) is 10.2 Å². The van der Waals surface area contributed by atoms with Crippen LogP contribution in [0.1, 0.15) is 17.5 Å². The second-order valence-corrected chi connectivity index (χ2v) is 4.60. The van der Waals surface area contributed by atoms with Crippen molar-refractivity contribution in [3.05, 3.63) is 53.6 Å².